The van der Waals surface area contributed by atoms with Crippen molar-refractivity contribution in [3.05, 3.63) is 39.9 Å². The van der Waals surface area contributed by atoms with E-state index in [1.165, 1.54) is 6.08 Å². The number of hydrogen-bond donors (Lipinski definition) is 1. The van der Waals surface area contributed by atoms with Gasteiger partial charge < -0.3 is 19.8 Å². The van der Waals surface area contributed by atoms with E-state index in [4.69, 9.17) is 23.2 Å². The number of hydrogen-bond acceptors (Lipinski definition) is 4. The number of carbonyl (C=O) groups excluding carboxylic acids is 3. The average Bonchev–Trinajstić information content (AvgIpc) is 2.94. The van der Waals surface area contributed by atoms with Crippen molar-refractivity contribution in [3.63, 3.8) is 0 Å². The van der Waals surface area contributed by atoms with Gasteiger partial charge in [0.15, 0.2) is 0 Å². The summed E-state index contributed by atoms with van der Waals surface area (Å²) >= 11 is 11.9. The molecule has 3 amide bonds. The number of aliphatic hydroxyl groups is 1. The largest absolute Gasteiger partial charge is 0.393 e. The number of halogens is 2. The fraction of sp³-hybridized carbons (Fsp3) is 0.500. The van der Waals surface area contributed by atoms with Crippen LogP contribution in [0.4, 0.5) is 0 Å². The predicted octanol–water partition coefficient (Wildman–Crippen LogP) is 2.44. The van der Waals surface area contributed by atoms with Gasteiger partial charge in [0.1, 0.15) is 0 Å². The summed E-state index contributed by atoms with van der Waals surface area (Å²) in [6.45, 7) is 2.62. The van der Waals surface area contributed by atoms with E-state index >= 15 is 0 Å². The first-order valence-corrected chi connectivity index (χ1v) is 11.2. The van der Waals surface area contributed by atoms with Crippen LogP contribution < -0.4 is 0 Å². The third-order valence-electron chi connectivity index (χ3n) is 5.67. The summed E-state index contributed by atoms with van der Waals surface area (Å²) in [4.78, 5) is 42.4. The first-order chi connectivity index (χ1) is 14.8. The maximum absolute atomic E-state index is 12.6. The second-order valence-electron chi connectivity index (χ2n) is 7.82. The Morgan fingerprint density at radius 2 is 1.77 bits per heavy atom. The number of piperidine rings is 1. The van der Waals surface area contributed by atoms with Crippen LogP contribution in [0.3, 0.4) is 0 Å². The fourth-order valence-electron chi connectivity index (χ4n) is 3.72. The quantitative estimate of drug-likeness (QED) is 0.674. The molecule has 0 aromatic heterocycles. The molecule has 0 bridgehead atoms. The van der Waals surface area contributed by atoms with Gasteiger partial charge in [-0.3, -0.25) is 14.4 Å². The molecule has 1 N–H and O–H groups in total. The molecule has 2 aliphatic rings. The van der Waals surface area contributed by atoms with Crippen LogP contribution in [-0.4, -0.2) is 82.9 Å². The van der Waals surface area contributed by atoms with Gasteiger partial charge in [-0.05, 0) is 36.6 Å². The first kappa shape index (κ1) is 23.6. The molecule has 0 unspecified atom stereocenters. The van der Waals surface area contributed by atoms with Crippen LogP contribution in [0.15, 0.2) is 24.3 Å². The van der Waals surface area contributed by atoms with Gasteiger partial charge in [0.25, 0.3) is 0 Å². The maximum Gasteiger partial charge on any atom is 0.246 e. The van der Waals surface area contributed by atoms with Crippen molar-refractivity contribution >= 4 is 47.0 Å². The zero-order valence-corrected chi connectivity index (χ0v) is 18.8. The molecule has 0 radical (unpaired) electrons. The second-order valence-corrected chi connectivity index (χ2v) is 8.64. The lowest BCUT2D eigenvalue weighted by molar-refractivity contribution is -0.135. The molecule has 0 spiro atoms. The summed E-state index contributed by atoms with van der Waals surface area (Å²) in [5, 5.41) is 10.4. The molecule has 168 valence electrons. The van der Waals surface area contributed by atoms with E-state index in [0.29, 0.717) is 62.2 Å². The topological polar surface area (TPSA) is 81.2 Å². The van der Waals surface area contributed by atoms with Crippen molar-refractivity contribution in [2.45, 2.75) is 31.8 Å². The van der Waals surface area contributed by atoms with Crippen molar-refractivity contribution in [1.82, 2.24) is 14.7 Å². The van der Waals surface area contributed by atoms with Crippen molar-refractivity contribution in [2.75, 3.05) is 39.3 Å². The van der Waals surface area contributed by atoms with Crippen LogP contribution in [0.2, 0.25) is 10.0 Å². The average molecular weight is 468 g/mol. The normalized spacial score (nSPS) is 18.5. The molecule has 0 atom stereocenters. The molecule has 2 saturated heterocycles. The summed E-state index contributed by atoms with van der Waals surface area (Å²) < 4.78 is 0. The van der Waals surface area contributed by atoms with E-state index in [1.54, 1.807) is 39.0 Å². The number of benzene rings is 1. The standard InChI is InChI=1S/C22H27Cl2N3O4/c23-18-3-1-16(15-19(18)24)2-4-20(29)26-11-8-22(31)27(14-13-26)12-7-21(30)25-9-5-17(28)6-10-25/h1-4,15,17,28H,5-14H2. The molecule has 3 rings (SSSR count). The predicted molar refractivity (Wildman–Crippen MR) is 120 cm³/mol. The summed E-state index contributed by atoms with van der Waals surface area (Å²) in [6.07, 6.45) is 4.49. The van der Waals surface area contributed by atoms with E-state index in [9.17, 15) is 19.5 Å². The Kier molecular flexibility index (Phi) is 8.35. The third kappa shape index (κ3) is 6.69. The van der Waals surface area contributed by atoms with Crippen LogP contribution >= 0.6 is 23.2 Å². The highest BCUT2D eigenvalue weighted by molar-refractivity contribution is 6.42. The van der Waals surface area contributed by atoms with E-state index in [2.05, 4.69) is 0 Å². The van der Waals surface area contributed by atoms with Crippen molar-refractivity contribution in [3.8, 4) is 0 Å². The van der Waals surface area contributed by atoms with Crippen molar-refractivity contribution in [2.24, 2.45) is 0 Å². The molecular weight excluding hydrogens is 441 g/mol. The Hall–Kier alpha value is -2.09. The fourth-order valence-corrected chi connectivity index (χ4v) is 4.02. The highest BCUT2D eigenvalue weighted by atomic mass is 35.5. The minimum atomic E-state index is -0.328. The Bertz CT molecular complexity index is 853. The van der Waals surface area contributed by atoms with E-state index in [-0.39, 0.29) is 36.7 Å². The monoisotopic (exact) mass is 467 g/mol. The van der Waals surface area contributed by atoms with Gasteiger partial charge in [-0.2, -0.15) is 0 Å². The highest BCUT2D eigenvalue weighted by Gasteiger charge is 2.25. The van der Waals surface area contributed by atoms with E-state index in [0.717, 1.165) is 5.56 Å². The Morgan fingerprint density at radius 1 is 1.03 bits per heavy atom. The van der Waals surface area contributed by atoms with Crippen LogP contribution in [0.5, 0.6) is 0 Å². The number of nitrogens with zero attached hydrogens (tertiary/aromatic N) is 3. The zero-order chi connectivity index (χ0) is 22.4. The Morgan fingerprint density at radius 3 is 2.48 bits per heavy atom. The SMILES string of the molecule is O=C(C=Cc1ccc(Cl)c(Cl)c1)N1CCC(=O)N(CCC(=O)N2CCC(O)CC2)CC1. The lowest BCUT2D eigenvalue weighted by atomic mass is 10.1. The van der Waals surface area contributed by atoms with Gasteiger partial charge in [-0.25, -0.2) is 0 Å². The smallest absolute Gasteiger partial charge is 0.246 e. The summed E-state index contributed by atoms with van der Waals surface area (Å²) in [5.74, 6) is -0.226. The summed E-state index contributed by atoms with van der Waals surface area (Å²) in [5.41, 5.74) is 0.763. The third-order valence-corrected chi connectivity index (χ3v) is 6.41. The number of amides is 3. The number of likely N-dealkylation sites (tertiary alicyclic amines) is 1. The number of aliphatic hydroxyl groups excluding tert-OH is 1. The molecule has 9 heteroatoms. The Labute approximate surface area is 192 Å². The van der Waals surface area contributed by atoms with Gasteiger partial charge >= 0.3 is 0 Å². The number of rotatable bonds is 5. The maximum atomic E-state index is 12.6. The molecule has 2 aliphatic heterocycles. The molecular formula is C22H27Cl2N3O4. The second kappa shape index (κ2) is 11.0. The minimum Gasteiger partial charge on any atom is -0.393 e. The number of carbonyl (C=O) groups is 3. The molecule has 0 aliphatic carbocycles. The lowest BCUT2D eigenvalue weighted by Crippen LogP contribution is -2.42. The summed E-state index contributed by atoms with van der Waals surface area (Å²) in [7, 11) is 0. The van der Waals surface area contributed by atoms with E-state index in [1.807, 2.05) is 0 Å². The molecule has 1 aromatic carbocycles. The Balaban J connectivity index is 1.49. The molecule has 2 fully saturated rings. The van der Waals surface area contributed by atoms with Crippen LogP contribution in [0.25, 0.3) is 6.08 Å². The van der Waals surface area contributed by atoms with Crippen molar-refractivity contribution < 1.29 is 19.5 Å². The molecule has 7 nitrogen and oxygen atoms in total. The van der Waals surface area contributed by atoms with Gasteiger partial charge in [-0.15, -0.1) is 0 Å². The van der Waals surface area contributed by atoms with Crippen molar-refractivity contribution in [1.29, 1.82) is 0 Å². The highest BCUT2D eigenvalue weighted by Crippen LogP contribution is 2.23. The first-order valence-electron chi connectivity index (χ1n) is 10.5. The molecule has 2 heterocycles. The van der Waals surface area contributed by atoms with Gasteiger partial charge in [0, 0.05) is 58.2 Å². The van der Waals surface area contributed by atoms with Crippen LogP contribution in [0, 0.1) is 0 Å². The lowest BCUT2D eigenvalue weighted by Gasteiger charge is -2.30. The van der Waals surface area contributed by atoms with Gasteiger partial charge in [0.05, 0.1) is 16.1 Å². The van der Waals surface area contributed by atoms with Crippen LogP contribution in [-0.2, 0) is 14.4 Å². The zero-order valence-electron chi connectivity index (χ0n) is 17.3. The molecule has 31 heavy (non-hydrogen) atoms. The summed E-state index contributed by atoms with van der Waals surface area (Å²) in [6, 6.07) is 5.12. The van der Waals surface area contributed by atoms with Gasteiger partial charge in [0.2, 0.25) is 17.7 Å². The van der Waals surface area contributed by atoms with Gasteiger partial charge in [-0.1, -0.05) is 29.3 Å². The molecule has 0 saturated carbocycles. The van der Waals surface area contributed by atoms with E-state index < -0.39 is 0 Å². The molecule has 1 aromatic rings. The van der Waals surface area contributed by atoms with Crippen LogP contribution in [0.1, 0.15) is 31.2 Å². The minimum absolute atomic E-state index is 0.00133.